The Morgan fingerprint density at radius 3 is 2.54 bits per heavy atom. The molecule has 4 rings (SSSR count). The van der Waals surface area contributed by atoms with Crippen LogP contribution in [0.5, 0.6) is 0 Å². The molecule has 5 nitrogen and oxygen atoms in total. The molecule has 0 saturated heterocycles. The number of para-hydroxylation sites is 1. The third kappa shape index (κ3) is 2.41. The van der Waals surface area contributed by atoms with Crippen LogP contribution in [0, 0.1) is 0 Å². The van der Waals surface area contributed by atoms with Crippen molar-refractivity contribution in [2.24, 2.45) is 7.05 Å². The average molecular weight is 372 g/mol. The number of hydrogen-bond acceptors (Lipinski definition) is 3. The summed E-state index contributed by atoms with van der Waals surface area (Å²) < 4.78 is 3.57. The summed E-state index contributed by atoms with van der Waals surface area (Å²) in [6, 6.07) is 5.34. The molecule has 1 aromatic carbocycles. The second-order valence-electron chi connectivity index (χ2n) is 7.46. The maximum absolute atomic E-state index is 13.4. The third-order valence-electron chi connectivity index (χ3n) is 5.44. The molecule has 1 saturated carbocycles. The molecule has 1 fully saturated rings. The Labute approximate surface area is 156 Å². The minimum atomic E-state index is -0.282. The number of aryl methyl sites for hydroxylation is 1. The van der Waals surface area contributed by atoms with Crippen LogP contribution in [0.1, 0.15) is 57.3 Å². The van der Waals surface area contributed by atoms with Gasteiger partial charge < -0.3 is 4.57 Å². The van der Waals surface area contributed by atoms with E-state index in [0.29, 0.717) is 21.6 Å². The molecule has 0 amide bonds. The molecule has 0 unspecified atom stereocenters. The van der Waals surface area contributed by atoms with E-state index in [0.717, 1.165) is 31.5 Å². The largest absolute Gasteiger partial charge is 0.327 e. The van der Waals surface area contributed by atoms with Gasteiger partial charge >= 0.3 is 0 Å². The highest BCUT2D eigenvalue weighted by Gasteiger charge is 2.26. The summed E-state index contributed by atoms with van der Waals surface area (Å²) in [5.74, 6) is 0.834. The van der Waals surface area contributed by atoms with Crippen LogP contribution in [0.15, 0.2) is 27.8 Å². The van der Waals surface area contributed by atoms with Crippen LogP contribution in [0.4, 0.5) is 0 Å². The number of fused-ring (bicyclic) bond motifs is 2. The van der Waals surface area contributed by atoms with E-state index >= 15 is 0 Å². The van der Waals surface area contributed by atoms with Crippen LogP contribution in [-0.4, -0.2) is 14.1 Å². The van der Waals surface area contributed by atoms with E-state index in [1.165, 1.54) is 0 Å². The van der Waals surface area contributed by atoms with Gasteiger partial charge in [-0.2, -0.15) is 0 Å². The van der Waals surface area contributed by atoms with Gasteiger partial charge in [-0.25, -0.2) is 4.98 Å². The fraction of sp³-hybridized carbons (Fsp3) is 0.450. The number of halogens is 1. The predicted octanol–water partition coefficient (Wildman–Crippen LogP) is 4.14. The van der Waals surface area contributed by atoms with Crippen molar-refractivity contribution in [2.75, 3.05) is 0 Å². The van der Waals surface area contributed by atoms with Gasteiger partial charge in [0.25, 0.3) is 5.56 Å². The van der Waals surface area contributed by atoms with Crippen molar-refractivity contribution in [3.8, 4) is 0 Å². The Bertz CT molecular complexity index is 1140. The van der Waals surface area contributed by atoms with Crippen LogP contribution >= 0.6 is 11.6 Å². The van der Waals surface area contributed by atoms with E-state index < -0.39 is 0 Å². The zero-order valence-electron chi connectivity index (χ0n) is 15.3. The average Bonchev–Trinajstić information content (AvgIpc) is 3.12. The highest BCUT2D eigenvalue weighted by atomic mass is 35.5. The molecule has 1 aliphatic rings. The number of nitrogens with zero attached hydrogens (tertiary/aromatic N) is 3. The first-order valence-corrected chi connectivity index (χ1v) is 9.53. The van der Waals surface area contributed by atoms with Gasteiger partial charge in [0.15, 0.2) is 5.65 Å². The molecule has 0 N–H and O–H groups in total. The van der Waals surface area contributed by atoms with Crippen molar-refractivity contribution in [1.82, 2.24) is 14.1 Å². The van der Waals surface area contributed by atoms with Gasteiger partial charge in [0.2, 0.25) is 5.43 Å². The smallest absolute Gasteiger partial charge is 0.267 e. The van der Waals surface area contributed by atoms with E-state index in [9.17, 15) is 9.59 Å². The number of hydrogen-bond donors (Lipinski definition) is 0. The van der Waals surface area contributed by atoms with E-state index in [-0.39, 0.29) is 28.3 Å². The van der Waals surface area contributed by atoms with Crippen molar-refractivity contribution in [3.63, 3.8) is 0 Å². The lowest BCUT2D eigenvalue weighted by Gasteiger charge is -2.22. The summed E-state index contributed by atoms with van der Waals surface area (Å²) in [6.07, 6.45) is 4.15. The van der Waals surface area contributed by atoms with E-state index in [2.05, 4.69) is 0 Å². The van der Waals surface area contributed by atoms with Gasteiger partial charge in [0, 0.05) is 24.4 Å². The first kappa shape index (κ1) is 17.3. The van der Waals surface area contributed by atoms with Crippen molar-refractivity contribution >= 4 is 33.5 Å². The highest BCUT2D eigenvalue weighted by Crippen LogP contribution is 2.31. The predicted molar refractivity (Wildman–Crippen MR) is 105 cm³/mol. The van der Waals surface area contributed by atoms with Gasteiger partial charge in [-0.15, -0.1) is 0 Å². The van der Waals surface area contributed by atoms with Gasteiger partial charge in [-0.05, 0) is 25.0 Å². The number of benzene rings is 1. The lowest BCUT2D eigenvalue weighted by atomic mass is 10.1. The second-order valence-corrected chi connectivity index (χ2v) is 7.87. The Balaban J connectivity index is 2.22. The SMILES string of the molecule is CC(C)c1nc2c(c(=O)c3cccc(Cl)c3n2C)c(=O)n1C1CCCC1. The van der Waals surface area contributed by atoms with Crippen molar-refractivity contribution in [3.05, 3.63) is 49.6 Å². The monoisotopic (exact) mass is 371 g/mol. The molecule has 136 valence electrons. The van der Waals surface area contributed by atoms with Crippen molar-refractivity contribution in [1.29, 1.82) is 0 Å². The highest BCUT2D eigenvalue weighted by molar-refractivity contribution is 6.35. The molecule has 26 heavy (non-hydrogen) atoms. The first-order valence-electron chi connectivity index (χ1n) is 9.15. The van der Waals surface area contributed by atoms with Crippen LogP contribution in [0.3, 0.4) is 0 Å². The summed E-state index contributed by atoms with van der Waals surface area (Å²) in [5, 5.41) is 1.11. The molecule has 0 atom stereocenters. The molecule has 0 bridgehead atoms. The number of rotatable bonds is 2. The number of aromatic nitrogens is 3. The van der Waals surface area contributed by atoms with E-state index in [1.807, 2.05) is 20.9 Å². The third-order valence-corrected chi connectivity index (χ3v) is 5.75. The topological polar surface area (TPSA) is 56.9 Å². The summed E-state index contributed by atoms with van der Waals surface area (Å²) in [6.45, 7) is 4.07. The lowest BCUT2D eigenvalue weighted by Crippen LogP contribution is -2.33. The lowest BCUT2D eigenvalue weighted by molar-refractivity contribution is 0.464. The first-order chi connectivity index (χ1) is 12.4. The Hall–Kier alpha value is -2.14. The summed E-state index contributed by atoms with van der Waals surface area (Å²) in [7, 11) is 1.81. The maximum atomic E-state index is 13.4. The molecule has 0 aliphatic heterocycles. The van der Waals surface area contributed by atoms with E-state index in [4.69, 9.17) is 16.6 Å². The van der Waals surface area contributed by atoms with Gasteiger partial charge in [0.1, 0.15) is 11.2 Å². The molecular formula is C20H22ClN3O2. The Morgan fingerprint density at radius 1 is 1.19 bits per heavy atom. The van der Waals surface area contributed by atoms with Crippen molar-refractivity contribution in [2.45, 2.75) is 51.5 Å². The van der Waals surface area contributed by atoms with Crippen molar-refractivity contribution < 1.29 is 0 Å². The van der Waals surface area contributed by atoms with Gasteiger partial charge in [-0.1, -0.05) is 44.4 Å². The maximum Gasteiger partial charge on any atom is 0.267 e. The summed E-state index contributed by atoms with van der Waals surface area (Å²) >= 11 is 6.34. The van der Waals surface area contributed by atoms with Gasteiger partial charge in [0.05, 0.1) is 10.5 Å². The van der Waals surface area contributed by atoms with E-state index in [1.54, 1.807) is 27.3 Å². The quantitative estimate of drug-likeness (QED) is 0.636. The van der Waals surface area contributed by atoms with Crippen LogP contribution in [-0.2, 0) is 7.05 Å². The fourth-order valence-corrected chi connectivity index (χ4v) is 4.48. The molecule has 6 heteroatoms. The Morgan fingerprint density at radius 2 is 1.88 bits per heavy atom. The molecule has 3 aromatic rings. The van der Waals surface area contributed by atoms with Crippen LogP contribution in [0.25, 0.3) is 21.9 Å². The molecule has 1 aliphatic carbocycles. The molecular weight excluding hydrogens is 350 g/mol. The minimum Gasteiger partial charge on any atom is -0.327 e. The normalized spacial score (nSPS) is 15.6. The van der Waals surface area contributed by atoms with Gasteiger partial charge in [-0.3, -0.25) is 14.2 Å². The van der Waals surface area contributed by atoms with Crippen LogP contribution < -0.4 is 11.0 Å². The molecule has 2 aromatic heterocycles. The Kier molecular flexibility index (Phi) is 4.14. The summed E-state index contributed by atoms with van der Waals surface area (Å²) in [4.78, 5) is 31.4. The molecule has 2 heterocycles. The minimum absolute atomic E-state index is 0.0877. The zero-order valence-corrected chi connectivity index (χ0v) is 16.0. The second kappa shape index (κ2) is 6.23. The summed E-state index contributed by atoms with van der Waals surface area (Å²) in [5.41, 5.74) is 0.536. The zero-order chi connectivity index (χ0) is 18.6. The standard InChI is InChI=1S/C20H22ClN3O2/c1-11(2)18-22-19-15(20(26)24(18)12-7-4-5-8-12)17(25)13-9-6-10-14(21)16(13)23(19)3/h6,9-12H,4-5,7-8H2,1-3H3. The fourth-order valence-electron chi connectivity index (χ4n) is 4.18. The van der Waals surface area contributed by atoms with Crippen LogP contribution in [0.2, 0.25) is 5.02 Å². The number of pyridine rings is 1. The molecule has 0 radical (unpaired) electrons. The molecule has 0 spiro atoms.